The van der Waals surface area contributed by atoms with Gasteiger partial charge in [0, 0.05) is 30.8 Å². The molecule has 0 aliphatic carbocycles. The quantitative estimate of drug-likeness (QED) is 0.859. The summed E-state index contributed by atoms with van der Waals surface area (Å²) in [7, 11) is 0. The number of hydrogen-bond donors (Lipinski definition) is 1. The van der Waals surface area contributed by atoms with E-state index < -0.39 is 11.6 Å². The summed E-state index contributed by atoms with van der Waals surface area (Å²) in [6.45, 7) is 9.50. The molecular weight excluding hydrogens is 246 g/mol. The maximum Gasteiger partial charge on any atom is 0.130 e. The molecule has 0 saturated carbocycles. The molecule has 19 heavy (non-hydrogen) atoms. The normalized spacial score (nSPS) is 13.6. The lowest BCUT2D eigenvalue weighted by Crippen LogP contribution is -2.41. The standard InChI is InChI=1S/C15H24F2N2/c1-10(2)9-19(11(3)4)15(8-18)13-6-5-12(16)7-14(13)17/h5-7,10-11,15H,8-9,18H2,1-4H3. The van der Waals surface area contributed by atoms with E-state index in [2.05, 4.69) is 32.6 Å². The molecule has 0 aliphatic heterocycles. The zero-order chi connectivity index (χ0) is 14.6. The van der Waals surface area contributed by atoms with Gasteiger partial charge in [-0.05, 0) is 25.8 Å². The highest BCUT2D eigenvalue weighted by atomic mass is 19.1. The Morgan fingerprint density at radius 2 is 1.79 bits per heavy atom. The van der Waals surface area contributed by atoms with E-state index in [0.717, 1.165) is 12.6 Å². The second kappa shape index (κ2) is 6.96. The molecule has 1 rings (SSSR count). The van der Waals surface area contributed by atoms with Crippen molar-refractivity contribution in [3.63, 3.8) is 0 Å². The first kappa shape index (κ1) is 16.1. The molecular formula is C15H24F2N2. The van der Waals surface area contributed by atoms with E-state index in [4.69, 9.17) is 5.73 Å². The number of rotatable bonds is 6. The van der Waals surface area contributed by atoms with E-state index >= 15 is 0 Å². The summed E-state index contributed by atoms with van der Waals surface area (Å²) in [5.41, 5.74) is 6.29. The molecule has 0 aromatic heterocycles. The second-order valence-corrected chi connectivity index (χ2v) is 5.60. The van der Waals surface area contributed by atoms with Crippen LogP contribution < -0.4 is 5.73 Å². The summed E-state index contributed by atoms with van der Waals surface area (Å²) < 4.78 is 26.9. The summed E-state index contributed by atoms with van der Waals surface area (Å²) in [6.07, 6.45) is 0. The van der Waals surface area contributed by atoms with Gasteiger partial charge in [-0.2, -0.15) is 0 Å². The fourth-order valence-corrected chi connectivity index (χ4v) is 2.33. The molecule has 0 saturated heterocycles. The third kappa shape index (κ3) is 4.25. The van der Waals surface area contributed by atoms with Crippen molar-refractivity contribution in [1.29, 1.82) is 0 Å². The van der Waals surface area contributed by atoms with E-state index in [9.17, 15) is 8.78 Å². The number of halogens is 2. The highest BCUT2D eigenvalue weighted by Crippen LogP contribution is 2.26. The van der Waals surface area contributed by atoms with Crippen LogP contribution in [0.2, 0.25) is 0 Å². The van der Waals surface area contributed by atoms with Crippen LogP contribution in [0.15, 0.2) is 18.2 Å². The van der Waals surface area contributed by atoms with Gasteiger partial charge >= 0.3 is 0 Å². The first-order valence-corrected chi connectivity index (χ1v) is 6.77. The molecule has 1 unspecified atom stereocenters. The van der Waals surface area contributed by atoms with E-state index in [1.807, 2.05) is 0 Å². The summed E-state index contributed by atoms with van der Waals surface area (Å²) in [5, 5.41) is 0. The first-order valence-electron chi connectivity index (χ1n) is 6.77. The van der Waals surface area contributed by atoms with E-state index in [0.29, 0.717) is 18.0 Å². The lowest BCUT2D eigenvalue weighted by atomic mass is 10.0. The number of benzene rings is 1. The van der Waals surface area contributed by atoms with E-state index in [-0.39, 0.29) is 12.1 Å². The zero-order valence-corrected chi connectivity index (χ0v) is 12.2. The predicted octanol–water partition coefficient (Wildman–Crippen LogP) is 3.33. The number of nitrogens with two attached hydrogens (primary N) is 1. The van der Waals surface area contributed by atoms with Crippen molar-refractivity contribution in [2.75, 3.05) is 13.1 Å². The molecule has 1 atom stereocenters. The average molecular weight is 270 g/mol. The minimum Gasteiger partial charge on any atom is -0.329 e. The van der Waals surface area contributed by atoms with Gasteiger partial charge in [0.1, 0.15) is 11.6 Å². The van der Waals surface area contributed by atoms with Crippen molar-refractivity contribution < 1.29 is 8.78 Å². The Balaban J connectivity index is 3.08. The molecule has 0 fully saturated rings. The smallest absolute Gasteiger partial charge is 0.130 e. The van der Waals surface area contributed by atoms with Crippen molar-refractivity contribution in [1.82, 2.24) is 4.90 Å². The topological polar surface area (TPSA) is 29.3 Å². The molecule has 0 amide bonds. The molecule has 0 heterocycles. The maximum absolute atomic E-state index is 13.9. The van der Waals surface area contributed by atoms with Crippen LogP contribution in [-0.4, -0.2) is 24.0 Å². The van der Waals surface area contributed by atoms with Crippen molar-refractivity contribution in [2.24, 2.45) is 11.7 Å². The van der Waals surface area contributed by atoms with Gasteiger partial charge in [0.05, 0.1) is 6.04 Å². The van der Waals surface area contributed by atoms with E-state index in [1.54, 1.807) is 0 Å². The summed E-state index contributed by atoms with van der Waals surface area (Å²) in [6, 6.07) is 3.74. The Morgan fingerprint density at radius 3 is 2.21 bits per heavy atom. The number of nitrogens with zero attached hydrogens (tertiary/aromatic N) is 1. The fraction of sp³-hybridized carbons (Fsp3) is 0.600. The van der Waals surface area contributed by atoms with E-state index in [1.165, 1.54) is 12.1 Å². The van der Waals surface area contributed by atoms with Gasteiger partial charge in [-0.3, -0.25) is 4.90 Å². The Morgan fingerprint density at radius 1 is 1.16 bits per heavy atom. The lowest BCUT2D eigenvalue weighted by molar-refractivity contribution is 0.136. The van der Waals surface area contributed by atoms with Crippen LogP contribution in [0.4, 0.5) is 8.78 Å². The molecule has 108 valence electrons. The molecule has 4 heteroatoms. The maximum atomic E-state index is 13.9. The molecule has 2 N–H and O–H groups in total. The fourth-order valence-electron chi connectivity index (χ4n) is 2.33. The van der Waals surface area contributed by atoms with Gasteiger partial charge in [-0.25, -0.2) is 8.78 Å². The van der Waals surface area contributed by atoms with Gasteiger partial charge in [0.25, 0.3) is 0 Å². The van der Waals surface area contributed by atoms with Crippen molar-refractivity contribution >= 4 is 0 Å². The minimum absolute atomic E-state index is 0.219. The van der Waals surface area contributed by atoms with Gasteiger partial charge < -0.3 is 5.73 Å². The Bertz CT molecular complexity index is 405. The third-order valence-corrected chi connectivity index (χ3v) is 3.18. The van der Waals surface area contributed by atoms with Gasteiger partial charge in [-0.15, -0.1) is 0 Å². The van der Waals surface area contributed by atoms with Crippen LogP contribution >= 0.6 is 0 Å². The van der Waals surface area contributed by atoms with Gasteiger partial charge in [0.2, 0.25) is 0 Å². The van der Waals surface area contributed by atoms with Crippen molar-refractivity contribution in [3.8, 4) is 0 Å². The number of hydrogen-bond acceptors (Lipinski definition) is 2. The Labute approximate surface area is 114 Å². The second-order valence-electron chi connectivity index (χ2n) is 5.60. The Kier molecular flexibility index (Phi) is 5.88. The van der Waals surface area contributed by atoms with Crippen LogP contribution in [0.5, 0.6) is 0 Å². The zero-order valence-electron chi connectivity index (χ0n) is 12.2. The first-order chi connectivity index (χ1) is 8.86. The van der Waals surface area contributed by atoms with Crippen molar-refractivity contribution in [3.05, 3.63) is 35.4 Å². The molecule has 1 aromatic carbocycles. The molecule has 0 radical (unpaired) electrons. The lowest BCUT2D eigenvalue weighted by Gasteiger charge is -2.36. The molecule has 0 spiro atoms. The Hall–Kier alpha value is -1.00. The SMILES string of the molecule is CC(C)CN(C(C)C)C(CN)c1ccc(F)cc1F. The van der Waals surface area contributed by atoms with Crippen LogP contribution in [0.25, 0.3) is 0 Å². The van der Waals surface area contributed by atoms with Gasteiger partial charge in [0.15, 0.2) is 0 Å². The summed E-state index contributed by atoms with van der Waals surface area (Å²) in [5.74, 6) is -0.623. The third-order valence-electron chi connectivity index (χ3n) is 3.18. The summed E-state index contributed by atoms with van der Waals surface area (Å²) in [4.78, 5) is 2.17. The highest BCUT2D eigenvalue weighted by Gasteiger charge is 2.25. The van der Waals surface area contributed by atoms with Gasteiger partial charge in [-0.1, -0.05) is 19.9 Å². The summed E-state index contributed by atoms with van der Waals surface area (Å²) >= 11 is 0. The molecule has 0 bridgehead atoms. The minimum atomic E-state index is -0.558. The average Bonchev–Trinajstić information content (AvgIpc) is 2.30. The van der Waals surface area contributed by atoms with Crippen molar-refractivity contribution in [2.45, 2.75) is 39.8 Å². The largest absolute Gasteiger partial charge is 0.329 e. The van der Waals surface area contributed by atoms with Crippen LogP contribution in [0, 0.1) is 17.6 Å². The van der Waals surface area contributed by atoms with Crippen LogP contribution in [0.3, 0.4) is 0 Å². The highest BCUT2D eigenvalue weighted by molar-refractivity contribution is 5.23. The monoisotopic (exact) mass is 270 g/mol. The van der Waals surface area contributed by atoms with Crippen LogP contribution in [0.1, 0.15) is 39.3 Å². The molecule has 2 nitrogen and oxygen atoms in total. The molecule has 0 aliphatic rings. The molecule has 1 aromatic rings. The van der Waals surface area contributed by atoms with Crippen LogP contribution in [-0.2, 0) is 0 Å². The predicted molar refractivity (Wildman–Crippen MR) is 74.8 cm³/mol.